The zero-order chi connectivity index (χ0) is 21.7. The highest BCUT2D eigenvalue weighted by Crippen LogP contribution is 2.23. The largest absolute Gasteiger partial charge is 0.479 e. The Morgan fingerprint density at radius 3 is 2.47 bits per heavy atom. The van der Waals surface area contributed by atoms with E-state index in [-0.39, 0.29) is 18.1 Å². The lowest BCUT2D eigenvalue weighted by Gasteiger charge is -2.24. The van der Waals surface area contributed by atoms with Gasteiger partial charge in [-0.3, -0.25) is 15.0 Å². The van der Waals surface area contributed by atoms with Crippen LogP contribution in [-0.2, 0) is 11.3 Å². The number of carbonyl (C=O) groups excluding carboxylic acids is 1. The highest BCUT2D eigenvalue weighted by Gasteiger charge is 2.22. The molecule has 1 heterocycles. The van der Waals surface area contributed by atoms with Crippen LogP contribution in [0.15, 0.2) is 63.9 Å². The van der Waals surface area contributed by atoms with E-state index in [9.17, 15) is 23.9 Å². The lowest BCUT2D eigenvalue weighted by Crippen LogP contribution is -2.47. The summed E-state index contributed by atoms with van der Waals surface area (Å²) in [4.78, 5) is 34.3. The van der Waals surface area contributed by atoms with Gasteiger partial charge in [0.2, 0.25) is 5.76 Å². The molecule has 0 bridgehead atoms. The topological polar surface area (TPSA) is 136 Å². The number of carboxylic acid groups (broad SMARTS) is 1. The number of aromatic amines is 1. The van der Waals surface area contributed by atoms with E-state index in [2.05, 4.69) is 5.43 Å². The Hall–Kier alpha value is -3.76. The fraction of sp³-hybridized carbons (Fsp3) is 0.150. The minimum atomic E-state index is -1.76. The second kappa shape index (κ2) is 9.16. The van der Waals surface area contributed by atoms with Gasteiger partial charge in [-0.15, -0.1) is 0 Å². The van der Waals surface area contributed by atoms with E-state index in [1.54, 1.807) is 42.5 Å². The predicted molar refractivity (Wildman–Crippen MR) is 103 cm³/mol. The summed E-state index contributed by atoms with van der Waals surface area (Å²) in [5.41, 5.74) is 3.51. The highest BCUT2D eigenvalue weighted by molar-refractivity contribution is 5.90. The van der Waals surface area contributed by atoms with E-state index in [1.807, 2.05) is 5.16 Å². The van der Waals surface area contributed by atoms with Gasteiger partial charge in [0.1, 0.15) is 5.82 Å². The molecule has 0 radical (unpaired) electrons. The molecule has 10 heteroatoms. The molecule has 1 aromatic heterocycles. The SMILES string of the molecule is O=C(NN(Cc1ccc(-c2ccccc2F)cc1)C[C@@H](O)C(=O)O)c1cc(=O)[nH]o1. The van der Waals surface area contributed by atoms with Crippen molar-refractivity contribution >= 4 is 11.9 Å². The maximum Gasteiger partial charge on any atom is 0.333 e. The van der Waals surface area contributed by atoms with Crippen LogP contribution in [0.25, 0.3) is 11.1 Å². The third-order valence-corrected chi connectivity index (χ3v) is 4.20. The van der Waals surface area contributed by atoms with Crippen LogP contribution < -0.4 is 11.0 Å². The summed E-state index contributed by atoms with van der Waals surface area (Å²) in [5.74, 6) is -2.92. The van der Waals surface area contributed by atoms with E-state index >= 15 is 0 Å². The van der Waals surface area contributed by atoms with Crippen LogP contribution in [0, 0.1) is 5.82 Å². The van der Waals surface area contributed by atoms with Gasteiger partial charge in [0.15, 0.2) is 6.10 Å². The Morgan fingerprint density at radius 1 is 1.17 bits per heavy atom. The molecular formula is C20H18FN3O6. The van der Waals surface area contributed by atoms with Gasteiger partial charge in [-0.1, -0.05) is 42.5 Å². The van der Waals surface area contributed by atoms with Crippen molar-refractivity contribution in [2.45, 2.75) is 12.6 Å². The molecule has 1 amide bonds. The summed E-state index contributed by atoms with van der Waals surface area (Å²) in [6.07, 6.45) is -1.76. The number of hydrazine groups is 1. The van der Waals surface area contributed by atoms with Gasteiger partial charge in [0, 0.05) is 12.1 Å². The number of carboxylic acids is 1. The van der Waals surface area contributed by atoms with Crippen LogP contribution in [-0.4, -0.2) is 44.9 Å². The third kappa shape index (κ3) is 5.19. The minimum absolute atomic E-state index is 0.0300. The van der Waals surface area contributed by atoms with E-state index in [4.69, 9.17) is 9.63 Å². The first-order valence-corrected chi connectivity index (χ1v) is 8.82. The molecule has 0 aliphatic heterocycles. The molecule has 3 rings (SSSR count). The van der Waals surface area contributed by atoms with Gasteiger partial charge in [0.05, 0.1) is 12.6 Å². The Morgan fingerprint density at radius 2 is 1.87 bits per heavy atom. The number of hydrogen-bond donors (Lipinski definition) is 4. The number of aromatic nitrogens is 1. The lowest BCUT2D eigenvalue weighted by molar-refractivity contribution is -0.148. The lowest BCUT2D eigenvalue weighted by atomic mass is 10.0. The maximum absolute atomic E-state index is 13.9. The molecule has 0 aliphatic carbocycles. The Bertz CT molecular complexity index is 1090. The van der Waals surface area contributed by atoms with Crippen LogP contribution in [0.2, 0.25) is 0 Å². The second-order valence-electron chi connectivity index (χ2n) is 6.43. The van der Waals surface area contributed by atoms with Crippen LogP contribution in [0.1, 0.15) is 16.1 Å². The number of hydrogen-bond acceptors (Lipinski definition) is 6. The van der Waals surface area contributed by atoms with Crippen molar-refractivity contribution < 1.29 is 28.7 Å². The molecule has 0 spiro atoms. The molecule has 30 heavy (non-hydrogen) atoms. The monoisotopic (exact) mass is 415 g/mol. The average Bonchev–Trinajstić information content (AvgIpc) is 3.15. The molecule has 1 atom stereocenters. The molecule has 0 unspecified atom stereocenters. The Balaban J connectivity index is 1.76. The first-order chi connectivity index (χ1) is 14.3. The van der Waals surface area contributed by atoms with E-state index in [1.165, 1.54) is 11.1 Å². The fourth-order valence-electron chi connectivity index (χ4n) is 2.74. The van der Waals surface area contributed by atoms with Crippen molar-refractivity contribution in [3.63, 3.8) is 0 Å². The van der Waals surface area contributed by atoms with Crippen molar-refractivity contribution in [3.8, 4) is 11.1 Å². The summed E-state index contributed by atoms with van der Waals surface area (Å²) in [6.45, 7) is -0.396. The molecule has 0 saturated carbocycles. The number of halogens is 1. The number of nitrogens with one attached hydrogen (secondary N) is 2. The highest BCUT2D eigenvalue weighted by atomic mass is 19.1. The first kappa shape index (κ1) is 21.0. The average molecular weight is 415 g/mol. The summed E-state index contributed by atoms with van der Waals surface area (Å²) < 4.78 is 18.7. The summed E-state index contributed by atoms with van der Waals surface area (Å²) in [5, 5.41) is 21.8. The molecule has 2 aromatic carbocycles. The quantitative estimate of drug-likeness (QED) is 0.408. The normalized spacial score (nSPS) is 12.0. The second-order valence-corrected chi connectivity index (χ2v) is 6.43. The number of aliphatic hydroxyl groups is 1. The molecule has 4 N–H and O–H groups in total. The van der Waals surface area contributed by atoms with Crippen molar-refractivity contribution in [1.82, 2.24) is 15.6 Å². The maximum atomic E-state index is 13.9. The van der Waals surface area contributed by atoms with Gasteiger partial charge in [-0.2, -0.15) is 5.16 Å². The number of carbonyl (C=O) groups is 2. The van der Waals surface area contributed by atoms with Gasteiger partial charge >= 0.3 is 11.9 Å². The van der Waals surface area contributed by atoms with Crippen molar-refractivity contribution in [2.24, 2.45) is 0 Å². The number of nitrogens with zero attached hydrogens (tertiary/aromatic N) is 1. The molecule has 0 fully saturated rings. The van der Waals surface area contributed by atoms with Crippen LogP contribution in [0.3, 0.4) is 0 Å². The van der Waals surface area contributed by atoms with E-state index in [0.717, 1.165) is 6.07 Å². The van der Waals surface area contributed by atoms with Crippen molar-refractivity contribution in [3.05, 3.63) is 82.1 Å². The van der Waals surface area contributed by atoms with Crippen LogP contribution >= 0.6 is 0 Å². The number of rotatable bonds is 8. The van der Waals surface area contributed by atoms with Crippen molar-refractivity contribution in [2.75, 3.05) is 6.54 Å². The number of aliphatic hydroxyl groups excluding tert-OH is 1. The zero-order valence-corrected chi connectivity index (χ0v) is 15.5. The summed E-state index contributed by atoms with van der Waals surface area (Å²) in [7, 11) is 0. The molecule has 0 aliphatic rings. The minimum Gasteiger partial charge on any atom is -0.479 e. The van der Waals surface area contributed by atoms with E-state index < -0.39 is 30.1 Å². The summed E-state index contributed by atoms with van der Waals surface area (Å²) in [6, 6.07) is 14.0. The number of amides is 1. The smallest absolute Gasteiger partial charge is 0.333 e. The van der Waals surface area contributed by atoms with E-state index in [0.29, 0.717) is 16.7 Å². The Labute approximate surface area is 169 Å². The standard InChI is InChI=1S/C20H18FN3O6/c21-15-4-2-1-3-14(15)13-7-5-12(6-8-13)10-24(11-16(25)20(28)29)22-19(27)17-9-18(26)23-30-17/h1-9,16,25H,10-11H2,(H,22,27)(H,23,26)(H,28,29)/t16-/m1/s1. The summed E-state index contributed by atoms with van der Waals surface area (Å²) >= 11 is 0. The van der Waals surface area contributed by atoms with Gasteiger partial charge < -0.3 is 14.7 Å². The zero-order valence-electron chi connectivity index (χ0n) is 15.5. The van der Waals surface area contributed by atoms with Gasteiger partial charge in [-0.05, 0) is 17.2 Å². The molecular weight excluding hydrogens is 397 g/mol. The number of aliphatic carboxylic acids is 1. The van der Waals surface area contributed by atoms with Gasteiger partial charge in [-0.25, -0.2) is 14.2 Å². The molecule has 9 nitrogen and oxygen atoms in total. The van der Waals surface area contributed by atoms with Crippen LogP contribution in [0.4, 0.5) is 4.39 Å². The number of H-pyrrole nitrogens is 1. The Kier molecular flexibility index (Phi) is 6.40. The number of benzene rings is 2. The van der Waals surface area contributed by atoms with Crippen molar-refractivity contribution in [1.29, 1.82) is 0 Å². The third-order valence-electron chi connectivity index (χ3n) is 4.20. The first-order valence-electron chi connectivity index (χ1n) is 8.82. The van der Waals surface area contributed by atoms with Crippen LogP contribution in [0.5, 0.6) is 0 Å². The molecule has 3 aromatic rings. The van der Waals surface area contributed by atoms with Gasteiger partial charge in [0.25, 0.3) is 5.56 Å². The molecule has 0 saturated heterocycles. The predicted octanol–water partition coefficient (Wildman–Crippen LogP) is 1.37. The fourth-order valence-corrected chi connectivity index (χ4v) is 2.74. The molecule has 156 valence electrons.